The van der Waals surface area contributed by atoms with E-state index in [1.807, 2.05) is 76.7 Å². The number of ether oxygens (including phenoxy) is 4. The van der Waals surface area contributed by atoms with Crippen LogP contribution in [0, 0.1) is 13.8 Å². The van der Waals surface area contributed by atoms with Gasteiger partial charge in [-0.1, -0.05) is 0 Å². The van der Waals surface area contributed by atoms with Gasteiger partial charge in [0.25, 0.3) is 0 Å². The van der Waals surface area contributed by atoms with E-state index in [2.05, 4.69) is 41.4 Å². The lowest BCUT2D eigenvalue weighted by atomic mass is 10.0. The summed E-state index contributed by atoms with van der Waals surface area (Å²) in [4.78, 5) is 65.5. The third kappa shape index (κ3) is 9.46. The quantitative estimate of drug-likeness (QED) is 0.0631. The zero-order valence-electron chi connectivity index (χ0n) is 38.9. The number of methoxy groups -OCH3 is 2. The highest BCUT2D eigenvalue weighted by Gasteiger charge is 2.29. The fourth-order valence-electron chi connectivity index (χ4n) is 7.98. The molecule has 6 heterocycles. The number of aldehydes is 1. The Balaban J connectivity index is 0.000000155. The summed E-state index contributed by atoms with van der Waals surface area (Å²) in [5, 5.41) is 20.7. The standard InChI is InChI=1S/C25H23N5O4.C15H15N3O2.C10H10N2O3/c1-13-19(12-30(3)29-13)23-17(16-10-15(33-4)6-7-20(16)28-23)11-22-24(31)18-9-14(27-25(32)26-2)5-8-21(18)34-22;1-9-12(7-18(2)17-9)15-13(8-19)11-6-10(20-3)4-5-14(11)16-15;1-11-10(14)12-6-2-3-9-7(4-6)8(13)5-15-9/h5-12,28H,1-4H3,(H2,26,27,32);4-8,16H,1-3H3;2-4H,5H2,1H3,(H2,11,12,14)/b22-11-;;. The van der Waals surface area contributed by atoms with Gasteiger partial charge in [-0.25, -0.2) is 9.59 Å². The normalized spacial score (nSPS) is 12.8. The van der Waals surface area contributed by atoms with Gasteiger partial charge in [0.1, 0.15) is 23.0 Å². The number of aromatic amines is 2. The average molecular weight is 933 g/mol. The first kappa shape index (κ1) is 46.4. The Morgan fingerprint density at radius 2 is 1.19 bits per heavy atom. The molecule has 0 fully saturated rings. The third-order valence-corrected chi connectivity index (χ3v) is 11.3. The third-order valence-electron chi connectivity index (χ3n) is 11.3. The van der Waals surface area contributed by atoms with Crippen LogP contribution in [0.4, 0.5) is 21.0 Å². The molecule has 69 heavy (non-hydrogen) atoms. The summed E-state index contributed by atoms with van der Waals surface area (Å²) in [5.41, 5.74) is 10.4. The molecule has 0 atom stereocenters. The van der Waals surface area contributed by atoms with Gasteiger partial charge < -0.3 is 50.2 Å². The van der Waals surface area contributed by atoms with Crippen molar-refractivity contribution in [2.45, 2.75) is 13.8 Å². The van der Waals surface area contributed by atoms with Gasteiger partial charge >= 0.3 is 12.1 Å². The smallest absolute Gasteiger partial charge is 0.318 e. The van der Waals surface area contributed by atoms with Gasteiger partial charge in [0.05, 0.1) is 48.1 Å². The molecule has 10 rings (SSSR count). The molecule has 0 saturated carbocycles. The number of rotatable bonds is 8. The predicted molar refractivity (Wildman–Crippen MR) is 261 cm³/mol. The highest BCUT2D eigenvalue weighted by Crippen LogP contribution is 2.39. The number of allylic oxidation sites excluding steroid dienone is 1. The van der Waals surface area contributed by atoms with Crippen molar-refractivity contribution in [2.75, 3.05) is 45.6 Å². The summed E-state index contributed by atoms with van der Waals surface area (Å²) >= 11 is 0. The van der Waals surface area contributed by atoms with Crippen LogP contribution in [0.2, 0.25) is 0 Å². The van der Waals surface area contributed by atoms with Gasteiger partial charge in [-0.2, -0.15) is 10.2 Å². The SMILES string of the molecule is CNC(=O)Nc1ccc2c(c1)C(=O)/C(=C/c1c(-c3cn(C)nc3C)[nH]c3ccc(OC)cc13)O2.CNC(=O)Nc1ccc2c(c1)C(=O)CO2.COc1ccc2[nH]c(-c3cn(C)nc3C)c(C=O)c2c1. The number of hydrogen-bond donors (Lipinski definition) is 6. The maximum Gasteiger partial charge on any atom is 0.318 e. The number of H-pyrrole nitrogens is 2. The molecule has 4 aromatic carbocycles. The van der Waals surface area contributed by atoms with E-state index in [1.165, 1.54) is 14.1 Å². The molecular weight excluding hydrogens is 885 g/mol. The molecule has 2 aliphatic rings. The number of urea groups is 2. The molecule has 2 aliphatic heterocycles. The summed E-state index contributed by atoms with van der Waals surface area (Å²) in [7, 11) is 10.0. The number of nitrogens with zero attached hydrogens (tertiary/aromatic N) is 4. The Bertz CT molecular complexity index is 3370. The van der Waals surface area contributed by atoms with Gasteiger partial charge in [0, 0.05) is 96.0 Å². The van der Waals surface area contributed by atoms with Gasteiger partial charge in [0.15, 0.2) is 18.7 Å². The summed E-state index contributed by atoms with van der Waals surface area (Å²) in [6, 6.07) is 20.6. The fourth-order valence-corrected chi connectivity index (χ4v) is 7.98. The number of anilines is 2. The van der Waals surface area contributed by atoms with E-state index in [9.17, 15) is 24.0 Å². The van der Waals surface area contributed by atoms with Crippen LogP contribution in [-0.4, -0.2) is 94.4 Å². The molecule has 0 unspecified atom stereocenters. The molecule has 19 heteroatoms. The minimum Gasteiger partial charge on any atom is -0.497 e. The van der Waals surface area contributed by atoms with E-state index in [-0.39, 0.29) is 36.0 Å². The molecule has 0 spiro atoms. The maximum atomic E-state index is 13.2. The fraction of sp³-hybridized carbons (Fsp3) is 0.180. The summed E-state index contributed by atoms with van der Waals surface area (Å²) in [6.07, 6.45) is 6.46. The molecule has 0 aliphatic carbocycles. The van der Waals surface area contributed by atoms with Gasteiger partial charge in [-0.15, -0.1) is 0 Å². The van der Waals surface area contributed by atoms with Crippen LogP contribution >= 0.6 is 0 Å². The van der Waals surface area contributed by atoms with E-state index in [0.29, 0.717) is 45.3 Å². The molecule has 0 radical (unpaired) electrons. The number of hydrogen-bond acceptors (Lipinski definition) is 11. The first-order chi connectivity index (χ1) is 33.2. The van der Waals surface area contributed by atoms with Crippen molar-refractivity contribution in [3.8, 4) is 45.5 Å². The molecule has 6 N–H and O–H groups in total. The maximum absolute atomic E-state index is 13.2. The second-order valence-electron chi connectivity index (χ2n) is 15.9. The minimum absolute atomic E-state index is 0.0643. The van der Waals surface area contributed by atoms with Gasteiger partial charge in [-0.05, 0) is 92.7 Å². The molecule has 0 bridgehead atoms. The van der Waals surface area contributed by atoms with E-state index in [1.54, 1.807) is 66.1 Å². The van der Waals surface area contributed by atoms with Crippen molar-refractivity contribution in [1.29, 1.82) is 0 Å². The summed E-state index contributed by atoms with van der Waals surface area (Å²) in [6.45, 7) is 3.95. The lowest BCUT2D eigenvalue weighted by molar-refractivity contribution is 0.0960. The Morgan fingerprint density at radius 1 is 0.681 bits per heavy atom. The largest absolute Gasteiger partial charge is 0.497 e. The number of carbonyl (C=O) groups is 5. The Labute approximate surface area is 394 Å². The summed E-state index contributed by atoms with van der Waals surface area (Å²) in [5.74, 6) is 2.31. The van der Waals surface area contributed by atoms with Crippen molar-refractivity contribution in [1.82, 2.24) is 40.2 Å². The summed E-state index contributed by atoms with van der Waals surface area (Å²) < 4.78 is 25.2. The van der Waals surface area contributed by atoms with Crippen LogP contribution in [0.5, 0.6) is 23.0 Å². The highest BCUT2D eigenvalue weighted by atomic mass is 16.5. The molecule has 4 aromatic heterocycles. The van der Waals surface area contributed by atoms with Crippen LogP contribution in [0.1, 0.15) is 48.0 Å². The van der Waals surface area contributed by atoms with Crippen molar-refractivity contribution in [3.63, 3.8) is 0 Å². The number of aryl methyl sites for hydroxylation is 4. The number of benzene rings is 4. The van der Waals surface area contributed by atoms with Crippen molar-refractivity contribution in [3.05, 3.63) is 125 Å². The van der Waals surface area contributed by atoms with Gasteiger partial charge in [0.2, 0.25) is 11.6 Å². The topological polar surface area (TPSA) is 238 Å². The molecule has 8 aromatic rings. The number of amides is 4. The molecule has 352 valence electrons. The van der Waals surface area contributed by atoms with Crippen molar-refractivity contribution in [2.24, 2.45) is 14.1 Å². The second-order valence-corrected chi connectivity index (χ2v) is 15.9. The van der Waals surface area contributed by atoms with E-state index in [0.717, 1.165) is 73.3 Å². The van der Waals surface area contributed by atoms with Gasteiger partial charge in [-0.3, -0.25) is 23.7 Å². The minimum atomic E-state index is -0.369. The predicted octanol–water partition coefficient (Wildman–Crippen LogP) is 7.96. The molecular formula is C50H48N10O9. The van der Waals surface area contributed by atoms with Crippen LogP contribution in [0.25, 0.3) is 50.4 Å². The van der Waals surface area contributed by atoms with E-state index in [4.69, 9.17) is 18.9 Å². The number of carbonyl (C=O) groups excluding carboxylic acids is 5. The zero-order chi connectivity index (χ0) is 49.1. The Kier molecular flexibility index (Phi) is 13.0. The van der Waals surface area contributed by atoms with E-state index < -0.39 is 0 Å². The number of aromatic nitrogens is 6. The average Bonchev–Trinajstić information content (AvgIpc) is 4.20. The molecule has 19 nitrogen and oxygen atoms in total. The first-order valence-electron chi connectivity index (χ1n) is 21.4. The number of Topliss-reactive ketones (excluding diaryl/α,β-unsaturated/α-hetero) is 2. The van der Waals surface area contributed by atoms with Crippen molar-refractivity contribution >= 4 is 69.2 Å². The molecule has 4 amide bonds. The zero-order valence-corrected chi connectivity index (χ0v) is 38.9. The lowest BCUT2D eigenvalue weighted by Crippen LogP contribution is -2.24. The Morgan fingerprint density at radius 3 is 1.68 bits per heavy atom. The number of ketones is 2. The number of nitrogens with one attached hydrogen (secondary N) is 6. The molecule has 0 saturated heterocycles. The monoisotopic (exact) mass is 932 g/mol. The van der Waals surface area contributed by atoms with Crippen LogP contribution in [-0.2, 0) is 14.1 Å². The lowest BCUT2D eigenvalue weighted by Gasteiger charge is -2.05. The van der Waals surface area contributed by atoms with Crippen molar-refractivity contribution < 1.29 is 42.9 Å². The van der Waals surface area contributed by atoms with Crippen LogP contribution in [0.15, 0.2) is 90.9 Å². The second kappa shape index (κ2) is 19.4. The number of fused-ring (bicyclic) bond motifs is 4. The van der Waals surface area contributed by atoms with E-state index >= 15 is 0 Å². The highest BCUT2D eigenvalue weighted by molar-refractivity contribution is 6.16. The Hall–Kier alpha value is -9.13. The first-order valence-corrected chi connectivity index (χ1v) is 21.4. The van der Waals surface area contributed by atoms with Crippen LogP contribution < -0.4 is 40.2 Å². The van der Waals surface area contributed by atoms with Crippen LogP contribution in [0.3, 0.4) is 0 Å².